The maximum atomic E-state index is 11.6. The predicted octanol–water partition coefficient (Wildman–Crippen LogP) is 2.21. The van der Waals surface area contributed by atoms with Gasteiger partial charge in [-0.25, -0.2) is 0 Å². The highest BCUT2D eigenvalue weighted by Crippen LogP contribution is 2.07. The van der Waals surface area contributed by atoms with Crippen LogP contribution in [0, 0.1) is 0 Å². The zero-order valence-corrected chi connectivity index (χ0v) is 10.9. The van der Waals surface area contributed by atoms with Crippen LogP contribution in [-0.2, 0) is 20.1 Å². The molecular weight excluding hydrogens is 226 g/mol. The Hall–Kier alpha value is -1.97. The van der Waals surface area contributed by atoms with Crippen LogP contribution in [0.4, 0.5) is 5.69 Å². The summed E-state index contributed by atoms with van der Waals surface area (Å²) in [4.78, 5) is 11.6. The van der Waals surface area contributed by atoms with Crippen LogP contribution in [0.3, 0.4) is 0 Å². The van der Waals surface area contributed by atoms with Gasteiger partial charge in [-0.2, -0.15) is 0 Å². The SMILES string of the molecule is CCCn1cc(NCc2ccn(C)c2)ccc1=O. The molecule has 2 aromatic rings. The lowest BCUT2D eigenvalue weighted by atomic mass is 10.3. The molecule has 0 aliphatic rings. The van der Waals surface area contributed by atoms with E-state index < -0.39 is 0 Å². The highest BCUT2D eigenvalue weighted by molar-refractivity contribution is 5.40. The van der Waals surface area contributed by atoms with E-state index in [1.165, 1.54) is 5.56 Å². The van der Waals surface area contributed by atoms with Crippen molar-refractivity contribution in [2.45, 2.75) is 26.4 Å². The predicted molar refractivity (Wildman–Crippen MR) is 73.7 cm³/mol. The second-order valence-electron chi connectivity index (χ2n) is 4.49. The van der Waals surface area contributed by atoms with Gasteiger partial charge in [0.2, 0.25) is 0 Å². The van der Waals surface area contributed by atoms with Gasteiger partial charge in [-0.3, -0.25) is 4.79 Å². The van der Waals surface area contributed by atoms with Crippen molar-refractivity contribution in [1.29, 1.82) is 0 Å². The molecule has 4 heteroatoms. The monoisotopic (exact) mass is 245 g/mol. The number of nitrogens with one attached hydrogen (secondary N) is 1. The second kappa shape index (κ2) is 5.58. The molecule has 0 saturated carbocycles. The van der Waals surface area contributed by atoms with Gasteiger partial charge in [0, 0.05) is 44.8 Å². The molecule has 0 aromatic carbocycles. The van der Waals surface area contributed by atoms with E-state index in [4.69, 9.17) is 0 Å². The van der Waals surface area contributed by atoms with Crippen molar-refractivity contribution in [3.05, 3.63) is 52.7 Å². The standard InChI is InChI=1S/C14H19N3O/c1-3-7-17-11-13(4-5-14(17)18)15-9-12-6-8-16(2)10-12/h4-6,8,10-11,15H,3,7,9H2,1-2H3. The molecule has 18 heavy (non-hydrogen) atoms. The third kappa shape index (κ3) is 3.03. The van der Waals surface area contributed by atoms with Crippen molar-refractivity contribution in [1.82, 2.24) is 9.13 Å². The first kappa shape index (κ1) is 12.5. The molecule has 4 nitrogen and oxygen atoms in total. The number of anilines is 1. The molecule has 0 spiro atoms. The maximum Gasteiger partial charge on any atom is 0.250 e. The molecule has 2 aromatic heterocycles. The summed E-state index contributed by atoms with van der Waals surface area (Å²) in [5, 5.41) is 3.33. The number of pyridine rings is 1. The summed E-state index contributed by atoms with van der Waals surface area (Å²) < 4.78 is 3.77. The van der Waals surface area contributed by atoms with Gasteiger partial charge in [-0.15, -0.1) is 0 Å². The third-order valence-corrected chi connectivity index (χ3v) is 2.84. The van der Waals surface area contributed by atoms with Gasteiger partial charge in [-0.1, -0.05) is 6.92 Å². The Morgan fingerprint density at radius 3 is 2.72 bits per heavy atom. The van der Waals surface area contributed by atoms with Gasteiger partial charge >= 0.3 is 0 Å². The maximum absolute atomic E-state index is 11.6. The van der Waals surface area contributed by atoms with E-state index in [0.717, 1.165) is 25.2 Å². The highest BCUT2D eigenvalue weighted by atomic mass is 16.1. The van der Waals surface area contributed by atoms with Gasteiger partial charge in [-0.05, 0) is 24.1 Å². The van der Waals surface area contributed by atoms with Crippen LogP contribution < -0.4 is 10.9 Å². The van der Waals surface area contributed by atoms with E-state index >= 15 is 0 Å². The fourth-order valence-electron chi connectivity index (χ4n) is 1.92. The summed E-state index contributed by atoms with van der Waals surface area (Å²) in [7, 11) is 2.00. The fraction of sp³-hybridized carbons (Fsp3) is 0.357. The lowest BCUT2D eigenvalue weighted by Gasteiger charge is -2.08. The number of hydrogen-bond acceptors (Lipinski definition) is 2. The van der Waals surface area contributed by atoms with E-state index in [9.17, 15) is 4.79 Å². The molecule has 0 unspecified atom stereocenters. The van der Waals surface area contributed by atoms with Crippen LogP contribution >= 0.6 is 0 Å². The van der Waals surface area contributed by atoms with Crippen molar-refractivity contribution in [2.24, 2.45) is 7.05 Å². The van der Waals surface area contributed by atoms with Crippen molar-refractivity contribution in [3.8, 4) is 0 Å². The zero-order valence-electron chi connectivity index (χ0n) is 10.9. The van der Waals surface area contributed by atoms with E-state index in [2.05, 4.69) is 24.5 Å². The molecule has 0 radical (unpaired) electrons. The van der Waals surface area contributed by atoms with Crippen LogP contribution in [0.25, 0.3) is 0 Å². The quantitative estimate of drug-likeness (QED) is 0.877. The molecule has 2 rings (SSSR count). The topological polar surface area (TPSA) is 39.0 Å². The summed E-state index contributed by atoms with van der Waals surface area (Å²) >= 11 is 0. The minimum atomic E-state index is 0.0575. The van der Waals surface area contributed by atoms with Gasteiger partial charge in [0.05, 0.1) is 5.69 Å². The minimum Gasteiger partial charge on any atom is -0.380 e. The van der Waals surface area contributed by atoms with Crippen molar-refractivity contribution in [3.63, 3.8) is 0 Å². The average molecular weight is 245 g/mol. The number of nitrogens with zero attached hydrogens (tertiary/aromatic N) is 2. The molecule has 0 amide bonds. The fourth-order valence-corrected chi connectivity index (χ4v) is 1.92. The van der Waals surface area contributed by atoms with Gasteiger partial charge in [0.25, 0.3) is 5.56 Å². The van der Waals surface area contributed by atoms with Crippen molar-refractivity contribution < 1.29 is 0 Å². The molecular formula is C14H19N3O. The van der Waals surface area contributed by atoms with E-state index in [0.29, 0.717) is 0 Å². The summed E-state index contributed by atoms with van der Waals surface area (Å²) in [5.74, 6) is 0. The molecule has 1 N–H and O–H groups in total. The Kier molecular flexibility index (Phi) is 3.87. The normalized spacial score (nSPS) is 10.6. The number of rotatable bonds is 5. The van der Waals surface area contributed by atoms with Gasteiger partial charge < -0.3 is 14.5 Å². The Labute approximate surface area is 107 Å². The molecule has 0 aliphatic carbocycles. The first-order valence-corrected chi connectivity index (χ1v) is 6.24. The lowest BCUT2D eigenvalue weighted by Crippen LogP contribution is -2.18. The Morgan fingerprint density at radius 1 is 1.22 bits per heavy atom. The van der Waals surface area contributed by atoms with Crippen molar-refractivity contribution >= 4 is 5.69 Å². The smallest absolute Gasteiger partial charge is 0.250 e. The Balaban J connectivity index is 2.05. The number of aromatic nitrogens is 2. The van der Waals surface area contributed by atoms with Gasteiger partial charge in [0.1, 0.15) is 0 Å². The number of aryl methyl sites for hydroxylation is 2. The van der Waals surface area contributed by atoms with Crippen LogP contribution in [0.2, 0.25) is 0 Å². The van der Waals surface area contributed by atoms with Crippen LogP contribution in [0.1, 0.15) is 18.9 Å². The largest absolute Gasteiger partial charge is 0.380 e. The molecule has 2 heterocycles. The van der Waals surface area contributed by atoms with Crippen LogP contribution in [0.5, 0.6) is 0 Å². The third-order valence-electron chi connectivity index (χ3n) is 2.84. The van der Waals surface area contributed by atoms with E-state index in [1.807, 2.05) is 30.1 Å². The van der Waals surface area contributed by atoms with Crippen LogP contribution in [-0.4, -0.2) is 9.13 Å². The first-order valence-electron chi connectivity index (χ1n) is 6.24. The zero-order chi connectivity index (χ0) is 13.0. The number of hydrogen-bond donors (Lipinski definition) is 1. The Morgan fingerprint density at radius 2 is 2.06 bits per heavy atom. The highest BCUT2D eigenvalue weighted by Gasteiger charge is 1.99. The van der Waals surface area contributed by atoms with Gasteiger partial charge in [0.15, 0.2) is 0 Å². The average Bonchev–Trinajstić information content (AvgIpc) is 2.76. The van der Waals surface area contributed by atoms with E-state index in [1.54, 1.807) is 10.6 Å². The summed E-state index contributed by atoms with van der Waals surface area (Å²) in [5.41, 5.74) is 2.26. The molecule has 0 saturated heterocycles. The Bertz CT molecular complexity index is 568. The first-order chi connectivity index (χ1) is 8.69. The van der Waals surface area contributed by atoms with Crippen LogP contribution in [0.15, 0.2) is 41.6 Å². The molecule has 96 valence electrons. The molecule has 0 aliphatic heterocycles. The minimum absolute atomic E-state index is 0.0575. The van der Waals surface area contributed by atoms with E-state index in [-0.39, 0.29) is 5.56 Å². The summed E-state index contributed by atoms with van der Waals surface area (Å²) in [6.07, 6.45) is 6.95. The lowest BCUT2D eigenvalue weighted by molar-refractivity contribution is 0.655. The van der Waals surface area contributed by atoms with Crippen molar-refractivity contribution in [2.75, 3.05) is 5.32 Å². The second-order valence-corrected chi connectivity index (χ2v) is 4.49. The molecule has 0 fully saturated rings. The summed E-state index contributed by atoms with van der Waals surface area (Å²) in [6.45, 7) is 3.60. The summed E-state index contributed by atoms with van der Waals surface area (Å²) in [6, 6.07) is 5.52. The molecule has 0 atom stereocenters. The molecule has 0 bridgehead atoms.